The molecule has 0 atom stereocenters. The Kier molecular flexibility index (Phi) is 3.62. The Bertz CT molecular complexity index is 1170. The van der Waals surface area contributed by atoms with Gasteiger partial charge in [-0.1, -0.05) is 18.2 Å². The van der Waals surface area contributed by atoms with E-state index in [0.717, 1.165) is 5.56 Å². The van der Waals surface area contributed by atoms with Crippen molar-refractivity contribution in [3.63, 3.8) is 0 Å². The molecule has 3 aromatic rings. The summed E-state index contributed by atoms with van der Waals surface area (Å²) in [6, 6.07) is 13.4. The zero-order valence-electron chi connectivity index (χ0n) is 14.2. The van der Waals surface area contributed by atoms with Crippen LogP contribution in [-0.4, -0.2) is 21.4 Å². The number of ether oxygens (including phenoxy) is 1. The topological polar surface area (TPSA) is 84.5 Å². The maximum Gasteiger partial charge on any atom is 0.262 e. The molecule has 2 N–H and O–H groups in total. The summed E-state index contributed by atoms with van der Waals surface area (Å²) < 4.78 is 33.9. The first-order chi connectivity index (χ1) is 12.4. The molecule has 1 aliphatic rings. The van der Waals surface area contributed by atoms with Crippen LogP contribution >= 0.6 is 0 Å². The van der Waals surface area contributed by atoms with Crippen molar-refractivity contribution in [1.82, 2.24) is 0 Å². The predicted molar refractivity (Wildman–Crippen MR) is 100 cm³/mol. The maximum absolute atomic E-state index is 13.0. The van der Waals surface area contributed by atoms with E-state index < -0.39 is 10.0 Å². The second-order valence-corrected chi connectivity index (χ2v) is 7.75. The van der Waals surface area contributed by atoms with Crippen LogP contribution in [0.1, 0.15) is 15.9 Å². The number of carbonyl (C=O) groups excluding carboxylic acids is 1. The van der Waals surface area contributed by atoms with Gasteiger partial charge in [0.2, 0.25) is 0 Å². The number of hydrogen-bond donors (Lipinski definition) is 2. The molecule has 0 aromatic heterocycles. The van der Waals surface area contributed by atoms with E-state index in [1.165, 1.54) is 13.2 Å². The van der Waals surface area contributed by atoms with E-state index >= 15 is 0 Å². The van der Waals surface area contributed by atoms with Gasteiger partial charge in [0.25, 0.3) is 15.9 Å². The zero-order valence-corrected chi connectivity index (χ0v) is 15.0. The van der Waals surface area contributed by atoms with Gasteiger partial charge in [-0.15, -0.1) is 0 Å². The van der Waals surface area contributed by atoms with E-state index in [0.29, 0.717) is 33.5 Å². The van der Waals surface area contributed by atoms with Crippen molar-refractivity contribution in [2.24, 2.45) is 0 Å². The number of methoxy groups -OCH3 is 1. The fourth-order valence-electron chi connectivity index (χ4n) is 3.18. The molecule has 0 radical (unpaired) electrons. The molecule has 6 nitrogen and oxygen atoms in total. The normalized spacial score (nSPS) is 12.9. The van der Waals surface area contributed by atoms with Crippen LogP contribution in [0.3, 0.4) is 0 Å². The number of amides is 1. The number of rotatable bonds is 4. The van der Waals surface area contributed by atoms with Crippen molar-refractivity contribution >= 4 is 38.1 Å². The lowest BCUT2D eigenvalue weighted by Crippen LogP contribution is -2.14. The Balaban J connectivity index is 1.86. The highest BCUT2D eigenvalue weighted by atomic mass is 32.2. The quantitative estimate of drug-likeness (QED) is 0.738. The molecule has 7 heteroatoms. The van der Waals surface area contributed by atoms with Gasteiger partial charge in [-0.3, -0.25) is 9.52 Å². The first-order valence-corrected chi connectivity index (χ1v) is 9.43. The summed E-state index contributed by atoms with van der Waals surface area (Å²) in [6.45, 7) is 1.90. The second-order valence-electron chi connectivity index (χ2n) is 6.10. The maximum atomic E-state index is 13.0. The molecule has 0 saturated carbocycles. The summed E-state index contributed by atoms with van der Waals surface area (Å²) >= 11 is 0. The van der Waals surface area contributed by atoms with Gasteiger partial charge in [0.1, 0.15) is 5.75 Å². The van der Waals surface area contributed by atoms with Crippen molar-refractivity contribution in [3.8, 4) is 5.75 Å². The van der Waals surface area contributed by atoms with Crippen molar-refractivity contribution in [3.05, 3.63) is 59.7 Å². The van der Waals surface area contributed by atoms with Crippen LogP contribution in [0.4, 0.5) is 11.4 Å². The molecular formula is C19H16N2O4S. The lowest BCUT2D eigenvalue weighted by Gasteiger charge is -2.14. The van der Waals surface area contributed by atoms with E-state index in [2.05, 4.69) is 10.0 Å². The summed E-state index contributed by atoms with van der Waals surface area (Å²) in [7, 11) is -2.39. The SMILES string of the molecule is COc1cc(C)ccc1NS(=O)(=O)c1ccc2c3c(cccc13)C(=O)N2. The first kappa shape index (κ1) is 16.4. The van der Waals surface area contributed by atoms with Crippen LogP contribution in [0.5, 0.6) is 5.75 Å². The van der Waals surface area contributed by atoms with Crippen LogP contribution in [-0.2, 0) is 10.0 Å². The number of carbonyl (C=O) groups is 1. The Morgan fingerprint density at radius 3 is 2.65 bits per heavy atom. The Labute approximate surface area is 150 Å². The van der Waals surface area contributed by atoms with Gasteiger partial charge in [0, 0.05) is 22.0 Å². The molecule has 0 spiro atoms. The second kappa shape index (κ2) is 5.74. The van der Waals surface area contributed by atoms with Crippen LogP contribution in [0.25, 0.3) is 10.8 Å². The molecule has 4 rings (SSSR count). The van der Waals surface area contributed by atoms with Crippen LogP contribution < -0.4 is 14.8 Å². The Hall–Kier alpha value is -3.06. The highest BCUT2D eigenvalue weighted by molar-refractivity contribution is 7.93. The summed E-state index contributed by atoms with van der Waals surface area (Å²) in [5.41, 5.74) is 2.41. The average molecular weight is 368 g/mol. The number of hydrogen-bond acceptors (Lipinski definition) is 4. The molecule has 0 saturated heterocycles. The third-order valence-electron chi connectivity index (χ3n) is 4.38. The summed E-state index contributed by atoms with van der Waals surface area (Å²) in [6.07, 6.45) is 0. The van der Waals surface area contributed by atoms with E-state index in [9.17, 15) is 13.2 Å². The molecular weight excluding hydrogens is 352 g/mol. The largest absolute Gasteiger partial charge is 0.495 e. The molecule has 3 aromatic carbocycles. The number of sulfonamides is 1. The summed E-state index contributed by atoms with van der Waals surface area (Å²) in [4.78, 5) is 12.1. The van der Waals surface area contributed by atoms with Gasteiger partial charge >= 0.3 is 0 Å². The molecule has 1 heterocycles. The number of aryl methyl sites for hydroxylation is 1. The van der Waals surface area contributed by atoms with Gasteiger partial charge in [-0.05, 0) is 42.8 Å². The van der Waals surface area contributed by atoms with E-state index in [1.807, 2.05) is 6.92 Å². The number of benzene rings is 3. The minimum absolute atomic E-state index is 0.109. The van der Waals surface area contributed by atoms with E-state index in [1.54, 1.807) is 42.5 Å². The van der Waals surface area contributed by atoms with Gasteiger partial charge in [0.05, 0.1) is 17.7 Å². The van der Waals surface area contributed by atoms with Crippen LogP contribution in [0, 0.1) is 6.92 Å². The fourth-order valence-corrected chi connectivity index (χ4v) is 4.45. The minimum atomic E-state index is -3.88. The molecule has 26 heavy (non-hydrogen) atoms. The fraction of sp³-hybridized carbons (Fsp3) is 0.105. The molecule has 0 unspecified atom stereocenters. The van der Waals surface area contributed by atoms with Crippen molar-refractivity contribution < 1.29 is 17.9 Å². The standard InChI is InChI=1S/C19H16N2O4S/c1-11-6-7-14(16(10-11)25-2)21-26(23,24)17-9-8-15-18-12(17)4-3-5-13(18)19(22)20-15/h3-10,21H,1-2H3,(H,20,22). The predicted octanol–water partition coefficient (Wildman–Crippen LogP) is 3.52. The van der Waals surface area contributed by atoms with Crippen LogP contribution in [0.2, 0.25) is 0 Å². The molecule has 0 fully saturated rings. The van der Waals surface area contributed by atoms with E-state index in [-0.39, 0.29) is 10.8 Å². The van der Waals surface area contributed by atoms with Gasteiger partial charge in [0.15, 0.2) is 0 Å². The molecule has 0 aliphatic carbocycles. The van der Waals surface area contributed by atoms with Gasteiger partial charge in [-0.2, -0.15) is 0 Å². The smallest absolute Gasteiger partial charge is 0.262 e. The van der Waals surface area contributed by atoms with E-state index in [4.69, 9.17) is 4.74 Å². The van der Waals surface area contributed by atoms with Crippen molar-refractivity contribution in [2.45, 2.75) is 11.8 Å². The average Bonchev–Trinajstić information content (AvgIpc) is 2.94. The third-order valence-corrected chi connectivity index (χ3v) is 5.81. The number of nitrogens with one attached hydrogen (secondary N) is 2. The van der Waals surface area contributed by atoms with Crippen molar-refractivity contribution in [1.29, 1.82) is 0 Å². The van der Waals surface area contributed by atoms with Crippen molar-refractivity contribution in [2.75, 3.05) is 17.1 Å². The summed E-state index contributed by atoms with van der Waals surface area (Å²) in [5.74, 6) is 0.213. The highest BCUT2D eigenvalue weighted by Gasteiger charge is 2.26. The molecule has 132 valence electrons. The molecule has 1 aliphatic heterocycles. The van der Waals surface area contributed by atoms with Crippen LogP contribution in [0.15, 0.2) is 53.4 Å². The lowest BCUT2D eigenvalue weighted by atomic mass is 10.1. The Morgan fingerprint density at radius 1 is 1.08 bits per heavy atom. The molecule has 1 amide bonds. The zero-order chi connectivity index (χ0) is 18.5. The number of anilines is 2. The lowest BCUT2D eigenvalue weighted by molar-refractivity contribution is 0.103. The van der Waals surface area contributed by atoms with Gasteiger partial charge < -0.3 is 10.1 Å². The molecule has 0 bridgehead atoms. The minimum Gasteiger partial charge on any atom is -0.495 e. The third kappa shape index (κ3) is 2.48. The monoisotopic (exact) mass is 368 g/mol. The van der Waals surface area contributed by atoms with Gasteiger partial charge in [-0.25, -0.2) is 8.42 Å². The Morgan fingerprint density at radius 2 is 1.88 bits per heavy atom. The summed E-state index contributed by atoms with van der Waals surface area (Å²) in [5, 5.41) is 3.87. The highest BCUT2D eigenvalue weighted by Crippen LogP contribution is 2.37. The first-order valence-electron chi connectivity index (χ1n) is 7.95.